The molecule has 2 aliphatic carbocycles. The van der Waals surface area contributed by atoms with Crippen LogP contribution in [0.4, 0.5) is 5.69 Å². The zero-order valence-electron chi connectivity index (χ0n) is 18.0. The standard InChI is InChI=1S/C23H36N4O2/c1-3-24-23(27(2)13-14-29-17-18-11-12-18)25-16-19-7-6-10-21(15-19)26-22(28)20-8-4-5-9-20/h6-7,10,15,18,20H,3-5,8-9,11-14,16-17H2,1-2H3,(H,24,25)(H,26,28). The molecule has 1 amide bonds. The minimum absolute atomic E-state index is 0.155. The molecule has 160 valence electrons. The van der Waals surface area contributed by atoms with Crippen molar-refractivity contribution in [3.05, 3.63) is 29.8 Å². The molecule has 0 radical (unpaired) electrons. The van der Waals surface area contributed by atoms with Gasteiger partial charge in [0.1, 0.15) is 0 Å². The quantitative estimate of drug-likeness (QED) is 0.357. The Labute approximate surface area is 175 Å². The lowest BCUT2D eigenvalue weighted by atomic mass is 10.1. The first-order chi connectivity index (χ1) is 14.2. The number of ether oxygens (including phenoxy) is 1. The molecule has 0 unspecified atom stereocenters. The maximum atomic E-state index is 12.4. The van der Waals surface area contributed by atoms with Crippen molar-refractivity contribution in [2.24, 2.45) is 16.8 Å². The molecular formula is C23H36N4O2. The molecule has 0 aromatic heterocycles. The van der Waals surface area contributed by atoms with Crippen LogP contribution >= 0.6 is 0 Å². The van der Waals surface area contributed by atoms with Crippen molar-refractivity contribution >= 4 is 17.6 Å². The third kappa shape index (κ3) is 7.35. The van der Waals surface area contributed by atoms with Crippen molar-refractivity contribution in [1.82, 2.24) is 10.2 Å². The van der Waals surface area contributed by atoms with Gasteiger partial charge in [0.15, 0.2) is 5.96 Å². The Kier molecular flexibility index (Phi) is 8.35. The SMILES string of the molecule is CCNC(=NCc1cccc(NC(=O)C2CCCC2)c1)N(C)CCOCC1CC1. The van der Waals surface area contributed by atoms with Gasteiger partial charge in [0.2, 0.25) is 5.91 Å². The van der Waals surface area contributed by atoms with Gasteiger partial charge in [0, 0.05) is 38.3 Å². The van der Waals surface area contributed by atoms with E-state index in [0.717, 1.165) is 62.3 Å². The molecule has 0 atom stereocenters. The van der Waals surface area contributed by atoms with Crippen molar-refractivity contribution in [3.63, 3.8) is 0 Å². The van der Waals surface area contributed by atoms with Crippen LogP contribution in [0, 0.1) is 11.8 Å². The lowest BCUT2D eigenvalue weighted by Gasteiger charge is -2.22. The number of carbonyl (C=O) groups is 1. The number of carbonyl (C=O) groups excluding carboxylic acids is 1. The lowest BCUT2D eigenvalue weighted by molar-refractivity contribution is -0.119. The topological polar surface area (TPSA) is 66.0 Å². The summed E-state index contributed by atoms with van der Waals surface area (Å²) in [7, 11) is 2.04. The van der Waals surface area contributed by atoms with Crippen LogP contribution in [0.5, 0.6) is 0 Å². The van der Waals surface area contributed by atoms with Gasteiger partial charge in [-0.1, -0.05) is 25.0 Å². The first-order valence-corrected chi connectivity index (χ1v) is 11.1. The summed E-state index contributed by atoms with van der Waals surface area (Å²) in [5.41, 5.74) is 1.95. The molecule has 0 bridgehead atoms. The fourth-order valence-electron chi connectivity index (χ4n) is 3.66. The van der Waals surface area contributed by atoms with Gasteiger partial charge in [0.05, 0.1) is 13.2 Å². The Morgan fingerprint density at radius 2 is 2.03 bits per heavy atom. The van der Waals surface area contributed by atoms with Gasteiger partial charge in [-0.25, -0.2) is 4.99 Å². The predicted octanol–water partition coefficient (Wildman–Crippen LogP) is 3.64. The zero-order chi connectivity index (χ0) is 20.5. The van der Waals surface area contributed by atoms with Crippen molar-refractivity contribution in [3.8, 4) is 0 Å². The normalized spacial score (nSPS) is 17.4. The minimum Gasteiger partial charge on any atom is -0.379 e. The highest BCUT2D eigenvalue weighted by Gasteiger charge is 2.22. The Morgan fingerprint density at radius 3 is 2.76 bits per heavy atom. The number of guanidine groups is 1. The van der Waals surface area contributed by atoms with E-state index in [9.17, 15) is 4.79 Å². The maximum Gasteiger partial charge on any atom is 0.227 e. The van der Waals surface area contributed by atoms with Crippen LogP contribution in [0.2, 0.25) is 0 Å². The number of hydrogen-bond acceptors (Lipinski definition) is 3. The second kappa shape index (κ2) is 11.2. The van der Waals surface area contributed by atoms with Crippen LogP contribution in [0.25, 0.3) is 0 Å². The van der Waals surface area contributed by atoms with Gasteiger partial charge >= 0.3 is 0 Å². The van der Waals surface area contributed by atoms with E-state index in [-0.39, 0.29) is 11.8 Å². The highest BCUT2D eigenvalue weighted by atomic mass is 16.5. The molecule has 0 saturated heterocycles. The van der Waals surface area contributed by atoms with Crippen molar-refractivity contribution < 1.29 is 9.53 Å². The number of aliphatic imine (C=N–C) groups is 1. The van der Waals surface area contributed by atoms with E-state index < -0.39 is 0 Å². The van der Waals surface area contributed by atoms with Gasteiger partial charge in [-0.2, -0.15) is 0 Å². The van der Waals surface area contributed by atoms with E-state index in [0.29, 0.717) is 6.54 Å². The first-order valence-electron chi connectivity index (χ1n) is 11.1. The summed E-state index contributed by atoms with van der Waals surface area (Å²) in [4.78, 5) is 19.3. The second-order valence-corrected chi connectivity index (χ2v) is 8.28. The molecule has 1 aromatic carbocycles. The smallest absolute Gasteiger partial charge is 0.227 e. The third-order valence-corrected chi connectivity index (χ3v) is 5.65. The molecule has 0 spiro atoms. The number of nitrogens with zero attached hydrogens (tertiary/aromatic N) is 2. The van der Waals surface area contributed by atoms with Crippen LogP contribution in [-0.2, 0) is 16.1 Å². The van der Waals surface area contributed by atoms with Crippen molar-refractivity contribution in [2.75, 3.05) is 38.7 Å². The van der Waals surface area contributed by atoms with E-state index in [1.54, 1.807) is 0 Å². The number of amides is 1. The molecule has 29 heavy (non-hydrogen) atoms. The maximum absolute atomic E-state index is 12.4. The molecule has 2 saturated carbocycles. The van der Waals surface area contributed by atoms with Crippen molar-refractivity contribution in [1.29, 1.82) is 0 Å². The molecule has 6 heteroatoms. The fourth-order valence-corrected chi connectivity index (χ4v) is 3.66. The highest BCUT2D eigenvalue weighted by Crippen LogP contribution is 2.28. The molecule has 0 heterocycles. The van der Waals surface area contributed by atoms with E-state index in [1.807, 2.05) is 25.2 Å². The summed E-state index contributed by atoms with van der Waals surface area (Å²) >= 11 is 0. The molecule has 6 nitrogen and oxygen atoms in total. The Hall–Kier alpha value is -2.08. The first kappa shape index (κ1) is 21.6. The fraction of sp³-hybridized carbons (Fsp3) is 0.652. The summed E-state index contributed by atoms with van der Waals surface area (Å²) in [5, 5.41) is 6.43. The van der Waals surface area contributed by atoms with Gasteiger partial charge < -0.3 is 20.3 Å². The number of benzene rings is 1. The predicted molar refractivity (Wildman–Crippen MR) is 118 cm³/mol. The molecule has 0 aliphatic heterocycles. The van der Waals surface area contributed by atoms with Gasteiger partial charge in [-0.15, -0.1) is 0 Å². The third-order valence-electron chi connectivity index (χ3n) is 5.65. The monoisotopic (exact) mass is 400 g/mol. The van der Waals surface area contributed by atoms with Crippen LogP contribution in [0.3, 0.4) is 0 Å². The van der Waals surface area contributed by atoms with Gasteiger partial charge in [0.25, 0.3) is 0 Å². The number of likely N-dealkylation sites (N-methyl/N-ethyl adjacent to an activating group) is 1. The second-order valence-electron chi connectivity index (χ2n) is 8.28. The molecular weight excluding hydrogens is 364 g/mol. The molecule has 2 fully saturated rings. The number of hydrogen-bond donors (Lipinski definition) is 2. The summed E-state index contributed by atoms with van der Waals surface area (Å²) in [6, 6.07) is 8.02. The summed E-state index contributed by atoms with van der Waals surface area (Å²) in [6.45, 7) is 5.90. The van der Waals surface area contributed by atoms with Crippen LogP contribution in [0.15, 0.2) is 29.3 Å². The van der Waals surface area contributed by atoms with Crippen LogP contribution in [0.1, 0.15) is 51.0 Å². The van der Waals surface area contributed by atoms with Crippen molar-refractivity contribution in [2.45, 2.75) is 52.0 Å². The summed E-state index contributed by atoms with van der Waals surface area (Å²) in [6.07, 6.45) is 7.00. The van der Waals surface area contributed by atoms with E-state index in [1.165, 1.54) is 25.7 Å². The molecule has 3 rings (SSSR count). The summed E-state index contributed by atoms with van der Waals surface area (Å²) in [5.74, 6) is 2.00. The zero-order valence-corrected chi connectivity index (χ0v) is 18.0. The highest BCUT2D eigenvalue weighted by molar-refractivity contribution is 5.92. The average molecular weight is 401 g/mol. The number of nitrogens with one attached hydrogen (secondary N) is 2. The molecule has 2 aliphatic rings. The summed E-state index contributed by atoms with van der Waals surface area (Å²) < 4.78 is 5.75. The van der Waals surface area contributed by atoms with Crippen LogP contribution in [-0.4, -0.2) is 50.1 Å². The average Bonchev–Trinajstić information content (AvgIpc) is 3.38. The van der Waals surface area contributed by atoms with E-state index >= 15 is 0 Å². The molecule has 1 aromatic rings. The van der Waals surface area contributed by atoms with E-state index in [4.69, 9.17) is 9.73 Å². The largest absolute Gasteiger partial charge is 0.379 e. The van der Waals surface area contributed by atoms with Gasteiger partial charge in [-0.3, -0.25) is 4.79 Å². The Bertz CT molecular complexity index is 681. The molecule has 2 N–H and O–H groups in total. The minimum atomic E-state index is 0.155. The van der Waals surface area contributed by atoms with Gasteiger partial charge in [-0.05, 0) is 56.2 Å². The number of rotatable bonds is 10. The lowest BCUT2D eigenvalue weighted by Crippen LogP contribution is -2.40. The number of anilines is 1. The van der Waals surface area contributed by atoms with Crippen LogP contribution < -0.4 is 10.6 Å². The Balaban J connectivity index is 1.51. The Morgan fingerprint density at radius 1 is 1.24 bits per heavy atom. The van der Waals surface area contributed by atoms with E-state index in [2.05, 4.69) is 28.5 Å².